The van der Waals surface area contributed by atoms with Crippen LogP contribution in [0.1, 0.15) is 0 Å². The quantitative estimate of drug-likeness (QED) is 0.233. The summed E-state index contributed by atoms with van der Waals surface area (Å²) in [7, 11) is 0. The van der Waals surface area contributed by atoms with E-state index in [0.717, 1.165) is 6.08 Å². The van der Waals surface area contributed by atoms with Crippen LogP contribution in [0.3, 0.4) is 0 Å². The van der Waals surface area contributed by atoms with Crippen molar-refractivity contribution in [2.75, 3.05) is 0 Å². The summed E-state index contributed by atoms with van der Waals surface area (Å²) in [5.74, 6) is 2.51. The molecule has 0 aromatic heterocycles. The number of terminal acetylenes is 2. The lowest BCUT2D eigenvalue weighted by Gasteiger charge is -1.79. The average molecular weight is 120 g/mol. The van der Waals surface area contributed by atoms with E-state index in [0.29, 0.717) is 0 Å². The van der Waals surface area contributed by atoms with Gasteiger partial charge in [-0.2, -0.15) is 0 Å². The third-order valence-corrected chi connectivity index (χ3v) is 0.558. The number of aliphatic hydroxyl groups excluding tert-OH is 1. The summed E-state index contributed by atoms with van der Waals surface area (Å²) in [6.45, 7) is 0. The van der Waals surface area contributed by atoms with Crippen molar-refractivity contribution in [2.24, 2.45) is 0 Å². The van der Waals surface area contributed by atoms with E-state index in [9.17, 15) is 4.79 Å². The van der Waals surface area contributed by atoms with Gasteiger partial charge in [0.05, 0.1) is 0 Å². The molecule has 0 aliphatic rings. The molecule has 2 nitrogen and oxygen atoms in total. The maximum absolute atomic E-state index is 10.2. The third-order valence-electron chi connectivity index (χ3n) is 0.558. The predicted octanol–water partition coefficient (Wildman–Crippen LogP) is 0.264. The van der Waals surface area contributed by atoms with Crippen molar-refractivity contribution < 1.29 is 9.90 Å². The van der Waals surface area contributed by atoms with Crippen LogP contribution in [-0.4, -0.2) is 10.9 Å². The smallest absolute Gasteiger partial charge is 0.232 e. The summed E-state index contributed by atoms with van der Waals surface area (Å²) in [6, 6.07) is 0. The predicted molar refractivity (Wildman–Crippen MR) is 33.4 cm³/mol. The molecule has 0 aliphatic heterocycles. The Morgan fingerprint density at radius 3 is 2.33 bits per heavy atom. The number of ketones is 1. The molecule has 0 heterocycles. The Hall–Kier alpha value is -1.67. The number of aliphatic hydroxyl groups is 1. The zero-order valence-electron chi connectivity index (χ0n) is 4.59. The van der Waals surface area contributed by atoms with Crippen molar-refractivity contribution in [3.05, 3.63) is 11.8 Å². The van der Waals surface area contributed by atoms with Crippen molar-refractivity contribution in [1.82, 2.24) is 0 Å². The van der Waals surface area contributed by atoms with Gasteiger partial charge in [-0.25, -0.2) is 0 Å². The minimum absolute atomic E-state index is 0.446. The van der Waals surface area contributed by atoms with E-state index in [2.05, 4.69) is 12.8 Å². The number of hydrogen-bond acceptors (Lipinski definition) is 2. The van der Waals surface area contributed by atoms with Crippen molar-refractivity contribution in [1.29, 1.82) is 0 Å². The molecule has 0 amide bonds. The van der Waals surface area contributed by atoms with Crippen LogP contribution in [0, 0.1) is 24.7 Å². The number of hydrogen-bond donors (Lipinski definition) is 1. The van der Waals surface area contributed by atoms with E-state index in [4.69, 9.17) is 5.11 Å². The van der Waals surface area contributed by atoms with Gasteiger partial charge in [-0.3, -0.25) is 4.79 Å². The monoisotopic (exact) mass is 120 g/mol. The van der Waals surface area contributed by atoms with Gasteiger partial charge in [-0.15, -0.1) is 12.8 Å². The summed E-state index contributed by atoms with van der Waals surface area (Å²) in [5, 5.41) is 8.47. The van der Waals surface area contributed by atoms with E-state index >= 15 is 0 Å². The molecule has 0 radical (unpaired) electrons. The molecule has 0 bridgehead atoms. The Bertz CT molecular complexity index is 222. The van der Waals surface area contributed by atoms with Gasteiger partial charge in [-0.05, 0) is 11.8 Å². The third kappa shape index (κ3) is 2.96. The van der Waals surface area contributed by atoms with Crippen LogP contribution in [0.5, 0.6) is 0 Å². The van der Waals surface area contributed by atoms with Gasteiger partial charge >= 0.3 is 0 Å². The fourth-order valence-electron chi connectivity index (χ4n) is 0.208. The summed E-state index contributed by atoms with van der Waals surface area (Å²) >= 11 is 0. The Morgan fingerprint density at radius 2 is 2.00 bits per heavy atom. The largest absolute Gasteiger partial charge is 0.501 e. The lowest BCUT2D eigenvalue weighted by molar-refractivity contribution is -0.109. The molecule has 0 saturated heterocycles. The Morgan fingerprint density at radius 1 is 1.44 bits per heavy atom. The van der Waals surface area contributed by atoms with Crippen molar-refractivity contribution in [2.45, 2.75) is 0 Å². The minimum Gasteiger partial charge on any atom is -0.501 e. The van der Waals surface area contributed by atoms with Crippen LogP contribution in [0.25, 0.3) is 0 Å². The number of carbonyl (C=O) groups excluding carboxylic acids is 1. The van der Waals surface area contributed by atoms with Gasteiger partial charge in [0.15, 0.2) is 5.76 Å². The van der Waals surface area contributed by atoms with Gasteiger partial charge < -0.3 is 5.11 Å². The first-order chi connectivity index (χ1) is 4.20. The van der Waals surface area contributed by atoms with Gasteiger partial charge in [0, 0.05) is 6.08 Å². The second-order valence-electron chi connectivity index (χ2n) is 1.18. The topological polar surface area (TPSA) is 37.3 Å². The second-order valence-corrected chi connectivity index (χ2v) is 1.18. The van der Waals surface area contributed by atoms with Gasteiger partial charge in [0.1, 0.15) is 0 Å². The molecule has 0 spiro atoms. The summed E-state index contributed by atoms with van der Waals surface area (Å²) in [4.78, 5) is 10.2. The van der Waals surface area contributed by atoms with Gasteiger partial charge in [0.25, 0.3) is 0 Å². The molecule has 0 saturated carbocycles. The number of allylic oxidation sites excluding steroid dienone is 2. The average Bonchev–Trinajstić information content (AvgIpc) is 1.87. The van der Waals surface area contributed by atoms with E-state index in [-0.39, 0.29) is 0 Å². The molecule has 0 aromatic rings. The zero-order valence-corrected chi connectivity index (χ0v) is 4.59. The second kappa shape index (κ2) is 3.35. The van der Waals surface area contributed by atoms with E-state index < -0.39 is 11.5 Å². The lowest BCUT2D eigenvalue weighted by atomic mass is 10.3. The summed E-state index contributed by atoms with van der Waals surface area (Å²) < 4.78 is 0. The molecule has 9 heavy (non-hydrogen) atoms. The van der Waals surface area contributed by atoms with Gasteiger partial charge in [0.2, 0.25) is 5.78 Å². The fourth-order valence-corrected chi connectivity index (χ4v) is 0.208. The van der Waals surface area contributed by atoms with Crippen LogP contribution in [0.4, 0.5) is 0 Å². The maximum atomic E-state index is 10.2. The molecule has 0 rings (SSSR count). The van der Waals surface area contributed by atoms with Gasteiger partial charge in [-0.1, -0.05) is 0 Å². The Balaban J connectivity index is 4.22. The first kappa shape index (κ1) is 7.33. The molecular formula is C7H4O2. The van der Waals surface area contributed by atoms with Crippen molar-refractivity contribution in [3.63, 3.8) is 0 Å². The van der Waals surface area contributed by atoms with Crippen LogP contribution < -0.4 is 0 Å². The van der Waals surface area contributed by atoms with E-state index in [1.54, 1.807) is 5.92 Å². The van der Waals surface area contributed by atoms with Crippen molar-refractivity contribution in [3.8, 4) is 24.7 Å². The minimum atomic E-state index is -0.634. The van der Waals surface area contributed by atoms with E-state index in [1.807, 2.05) is 5.92 Å². The molecular weight excluding hydrogens is 116 g/mol. The first-order valence-corrected chi connectivity index (χ1v) is 2.08. The molecule has 0 aromatic carbocycles. The van der Waals surface area contributed by atoms with Crippen LogP contribution in [-0.2, 0) is 4.79 Å². The lowest BCUT2D eigenvalue weighted by Crippen LogP contribution is -1.87. The number of rotatable bonds is 1. The molecule has 2 heteroatoms. The Kier molecular flexibility index (Phi) is 2.73. The molecule has 0 unspecified atom stereocenters. The first-order valence-electron chi connectivity index (χ1n) is 2.08. The maximum Gasteiger partial charge on any atom is 0.232 e. The highest BCUT2D eigenvalue weighted by Crippen LogP contribution is 1.83. The highest BCUT2D eigenvalue weighted by Gasteiger charge is 1.90. The molecule has 44 valence electrons. The standard InChI is InChI=1S/C7H4O2/c1-3-6(8)5-7(9)4-2/h1-2,5,8H/b6-5+. The van der Waals surface area contributed by atoms with Crippen LogP contribution in [0.15, 0.2) is 11.8 Å². The Labute approximate surface area is 53.2 Å². The molecule has 1 N–H and O–H groups in total. The summed E-state index contributed by atoms with van der Waals surface area (Å²) in [5.41, 5.74) is 0. The molecule has 0 aliphatic carbocycles. The normalized spacial score (nSPS) is 9.33. The van der Waals surface area contributed by atoms with Crippen LogP contribution >= 0.6 is 0 Å². The van der Waals surface area contributed by atoms with E-state index in [1.165, 1.54) is 0 Å². The van der Waals surface area contributed by atoms with Crippen LogP contribution in [0.2, 0.25) is 0 Å². The summed E-state index contributed by atoms with van der Waals surface area (Å²) in [6.07, 6.45) is 10.1. The highest BCUT2D eigenvalue weighted by molar-refractivity contribution is 6.04. The van der Waals surface area contributed by atoms with Crippen molar-refractivity contribution >= 4 is 5.78 Å². The molecule has 0 fully saturated rings. The highest BCUT2D eigenvalue weighted by atomic mass is 16.3. The molecule has 0 atom stereocenters. The zero-order chi connectivity index (χ0) is 7.28. The number of carbonyl (C=O) groups is 1. The SMILES string of the molecule is C#CC(=O)/C=C(/O)C#C. The fraction of sp³-hybridized carbons (Fsp3) is 0.